The fourth-order valence-corrected chi connectivity index (χ4v) is 4.33. The Bertz CT molecular complexity index is 794. The number of aryl methyl sites for hydroxylation is 1. The van der Waals surface area contributed by atoms with Crippen LogP contribution >= 0.6 is 0 Å². The Morgan fingerprint density at radius 1 is 1.23 bits per heavy atom. The van der Waals surface area contributed by atoms with Crippen LogP contribution in [0.4, 0.5) is 8.78 Å². The third-order valence-electron chi connectivity index (χ3n) is 5.80. The SMILES string of the molecule is Cc1noc2nc(C3CCN(C[C@H]4CC=CCC4)CC3)cc(C(F)F)c12. The number of hydrogen-bond acceptors (Lipinski definition) is 4. The minimum absolute atomic E-state index is 0.000160. The second-order valence-corrected chi connectivity index (χ2v) is 7.61. The Kier molecular flexibility index (Phi) is 5.02. The summed E-state index contributed by atoms with van der Waals surface area (Å²) in [4.78, 5) is 7.03. The lowest BCUT2D eigenvalue weighted by Crippen LogP contribution is -2.37. The van der Waals surface area contributed by atoms with E-state index in [0.717, 1.165) is 44.1 Å². The summed E-state index contributed by atoms with van der Waals surface area (Å²) < 4.78 is 32.2. The fraction of sp³-hybridized carbons (Fsp3) is 0.600. The second-order valence-electron chi connectivity index (χ2n) is 7.61. The maximum absolute atomic E-state index is 13.5. The molecule has 0 spiro atoms. The molecule has 2 aromatic rings. The summed E-state index contributed by atoms with van der Waals surface area (Å²) in [5.74, 6) is 0.971. The summed E-state index contributed by atoms with van der Waals surface area (Å²) in [6, 6.07) is 1.57. The Morgan fingerprint density at radius 2 is 2.04 bits per heavy atom. The summed E-state index contributed by atoms with van der Waals surface area (Å²) in [5.41, 5.74) is 1.45. The van der Waals surface area contributed by atoms with Crippen molar-refractivity contribution < 1.29 is 13.3 Å². The highest BCUT2D eigenvalue weighted by Gasteiger charge is 2.27. The number of aromatic nitrogens is 2. The number of alkyl halides is 2. The minimum atomic E-state index is -2.54. The van der Waals surface area contributed by atoms with Crippen LogP contribution in [0, 0.1) is 12.8 Å². The van der Waals surface area contributed by atoms with Crippen molar-refractivity contribution in [1.82, 2.24) is 15.0 Å². The van der Waals surface area contributed by atoms with Gasteiger partial charge in [0.1, 0.15) is 0 Å². The van der Waals surface area contributed by atoms with Gasteiger partial charge in [0.2, 0.25) is 0 Å². The van der Waals surface area contributed by atoms with Crippen molar-refractivity contribution >= 4 is 11.1 Å². The monoisotopic (exact) mass is 361 g/mol. The molecule has 1 fully saturated rings. The molecule has 0 aromatic carbocycles. The predicted octanol–water partition coefficient (Wildman–Crippen LogP) is 5.00. The van der Waals surface area contributed by atoms with Gasteiger partial charge in [-0.05, 0) is 64.1 Å². The Morgan fingerprint density at radius 3 is 2.73 bits per heavy atom. The van der Waals surface area contributed by atoms with E-state index in [1.165, 1.54) is 19.3 Å². The van der Waals surface area contributed by atoms with Crippen LogP contribution in [-0.4, -0.2) is 34.7 Å². The molecule has 2 aliphatic rings. The number of likely N-dealkylation sites (tertiary alicyclic amines) is 1. The molecular weight excluding hydrogens is 336 g/mol. The highest BCUT2D eigenvalue weighted by molar-refractivity contribution is 5.80. The van der Waals surface area contributed by atoms with E-state index in [-0.39, 0.29) is 17.2 Å². The largest absolute Gasteiger partial charge is 0.336 e. The van der Waals surface area contributed by atoms with Gasteiger partial charge in [0, 0.05) is 23.7 Å². The lowest BCUT2D eigenvalue weighted by Gasteiger charge is -2.34. The van der Waals surface area contributed by atoms with E-state index in [4.69, 9.17) is 4.52 Å². The maximum atomic E-state index is 13.5. The number of fused-ring (bicyclic) bond motifs is 1. The van der Waals surface area contributed by atoms with Crippen molar-refractivity contribution in [3.63, 3.8) is 0 Å². The van der Waals surface area contributed by atoms with E-state index in [2.05, 4.69) is 27.2 Å². The molecule has 1 saturated heterocycles. The number of pyridine rings is 1. The molecule has 26 heavy (non-hydrogen) atoms. The van der Waals surface area contributed by atoms with Crippen LogP contribution in [0.15, 0.2) is 22.7 Å². The number of nitrogens with zero attached hydrogens (tertiary/aromatic N) is 3. The first-order chi connectivity index (χ1) is 12.6. The average Bonchev–Trinajstić information content (AvgIpc) is 3.03. The van der Waals surface area contributed by atoms with Gasteiger partial charge >= 0.3 is 0 Å². The van der Waals surface area contributed by atoms with Crippen LogP contribution in [0.25, 0.3) is 11.1 Å². The summed E-state index contributed by atoms with van der Waals surface area (Å²) in [6.07, 6.45) is 7.59. The van der Waals surface area contributed by atoms with E-state index < -0.39 is 6.43 Å². The highest BCUT2D eigenvalue weighted by Crippen LogP contribution is 2.35. The number of rotatable bonds is 4. The Balaban J connectivity index is 1.46. The molecule has 1 aliphatic carbocycles. The average molecular weight is 361 g/mol. The summed E-state index contributed by atoms with van der Waals surface area (Å²) >= 11 is 0. The summed E-state index contributed by atoms with van der Waals surface area (Å²) in [6.45, 7) is 4.83. The first kappa shape index (κ1) is 17.6. The molecule has 0 unspecified atom stereocenters. The molecule has 0 saturated carbocycles. The van der Waals surface area contributed by atoms with Crippen molar-refractivity contribution in [3.05, 3.63) is 35.2 Å². The van der Waals surface area contributed by atoms with Crippen LogP contribution < -0.4 is 0 Å². The molecule has 140 valence electrons. The van der Waals surface area contributed by atoms with Gasteiger partial charge in [-0.2, -0.15) is 0 Å². The number of piperidine rings is 1. The quantitative estimate of drug-likeness (QED) is 0.718. The lowest BCUT2D eigenvalue weighted by atomic mass is 9.89. The minimum Gasteiger partial charge on any atom is -0.336 e. The molecule has 0 bridgehead atoms. The van der Waals surface area contributed by atoms with Crippen molar-refractivity contribution in [2.45, 2.75) is 51.4 Å². The number of hydrogen-bond donors (Lipinski definition) is 0. The molecule has 4 nitrogen and oxygen atoms in total. The van der Waals surface area contributed by atoms with Gasteiger partial charge < -0.3 is 9.42 Å². The van der Waals surface area contributed by atoms with Crippen LogP contribution in [0.5, 0.6) is 0 Å². The van der Waals surface area contributed by atoms with Crippen LogP contribution in [0.1, 0.15) is 61.4 Å². The molecule has 2 aromatic heterocycles. The van der Waals surface area contributed by atoms with Gasteiger partial charge in [-0.25, -0.2) is 13.8 Å². The zero-order valence-electron chi connectivity index (χ0n) is 15.1. The summed E-state index contributed by atoms with van der Waals surface area (Å²) in [7, 11) is 0. The molecule has 3 heterocycles. The Labute approximate surface area is 152 Å². The highest BCUT2D eigenvalue weighted by atomic mass is 19.3. The zero-order valence-corrected chi connectivity index (χ0v) is 15.1. The lowest BCUT2D eigenvalue weighted by molar-refractivity contribution is 0.152. The molecule has 4 rings (SSSR count). The fourth-order valence-electron chi connectivity index (χ4n) is 4.33. The van der Waals surface area contributed by atoms with E-state index in [1.807, 2.05) is 0 Å². The standard InChI is InChI=1S/C20H25F2N3O/c1-13-18-16(19(21)22)11-17(23-20(18)26-24-13)15-7-9-25(10-8-15)12-14-5-3-2-4-6-14/h2-3,11,14-15,19H,4-10,12H2,1H3/t14-/m0/s1. The van der Waals surface area contributed by atoms with Crippen LogP contribution in [-0.2, 0) is 0 Å². The third kappa shape index (κ3) is 3.52. The number of allylic oxidation sites excluding steroid dienone is 2. The number of halogens is 2. The smallest absolute Gasteiger partial charge is 0.264 e. The molecule has 6 heteroatoms. The Hall–Kier alpha value is -1.82. The van der Waals surface area contributed by atoms with Crippen LogP contribution in [0.2, 0.25) is 0 Å². The maximum Gasteiger partial charge on any atom is 0.264 e. The first-order valence-corrected chi connectivity index (χ1v) is 9.54. The molecule has 0 radical (unpaired) electrons. The second kappa shape index (κ2) is 7.43. The van der Waals surface area contributed by atoms with E-state index in [0.29, 0.717) is 11.1 Å². The molecule has 1 atom stereocenters. The predicted molar refractivity (Wildman–Crippen MR) is 96.4 cm³/mol. The van der Waals surface area contributed by atoms with Gasteiger partial charge in [0.25, 0.3) is 12.1 Å². The topological polar surface area (TPSA) is 42.2 Å². The van der Waals surface area contributed by atoms with Crippen molar-refractivity contribution in [2.24, 2.45) is 5.92 Å². The normalized spacial score (nSPS) is 22.5. The van der Waals surface area contributed by atoms with Gasteiger partial charge in [-0.1, -0.05) is 17.3 Å². The van der Waals surface area contributed by atoms with Crippen molar-refractivity contribution in [3.8, 4) is 0 Å². The van der Waals surface area contributed by atoms with E-state index in [1.54, 1.807) is 13.0 Å². The third-order valence-corrected chi connectivity index (χ3v) is 5.80. The molecule has 0 amide bonds. The molecule has 1 aliphatic heterocycles. The summed E-state index contributed by atoms with van der Waals surface area (Å²) in [5, 5.41) is 4.18. The van der Waals surface area contributed by atoms with Crippen LogP contribution in [0.3, 0.4) is 0 Å². The van der Waals surface area contributed by atoms with Gasteiger partial charge in [-0.15, -0.1) is 0 Å². The van der Waals surface area contributed by atoms with Crippen molar-refractivity contribution in [2.75, 3.05) is 19.6 Å². The zero-order chi connectivity index (χ0) is 18.1. The first-order valence-electron chi connectivity index (χ1n) is 9.54. The van der Waals surface area contributed by atoms with Gasteiger partial charge in [-0.3, -0.25) is 0 Å². The van der Waals surface area contributed by atoms with Crippen molar-refractivity contribution in [1.29, 1.82) is 0 Å². The van der Waals surface area contributed by atoms with E-state index >= 15 is 0 Å². The van der Waals surface area contributed by atoms with E-state index in [9.17, 15) is 8.78 Å². The molecular formula is C20H25F2N3O. The molecule has 0 N–H and O–H groups in total. The van der Waals surface area contributed by atoms with Gasteiger partial charge in [0.15, 0.2) is 0 Å². The van der Waals surface area contributed by atoms with Gasteiger partial charge in [0.05, 0.1) is 11.1 Å².